The number of rotatable bonds is 7. The second-order valence-corrected chi connectivity index (χ2v) is 9.80. The number of β-lactam (4-membered cyclic amide) rings is 1. The summed E-state index contributed by atoms with van der Waals surface area (Å²) in [6.07, 6.45) is -5.82. The summed E-state index contributed by atoms with van der Waals surface area (Å²) in [6, 6.07) is 2.98. The first-order chi connectivity index (χ1) is 18.2. The number of hydrogen-bond acceptors (Lipinski definition) is 9. The quantitative estimate of drug-likeness (QED) is 0.166. The third kappa shape index (κ3) is 5.36. The molecule has 2 saturated heterocycles. The highest BCUT2D eigenvalue weighted by atomic mass is 19.4. The van der Waals surface area contributed by atoms with E-state index in [4.69, 9.17) is 4.74 Å². The zero-order valence-electron chi connectivity index (χ0n) is 20.8. The number of alkyl halides is 3. The van der Waals surface area contributed by atoms with Gasteiger partial charge in [-0.05, 0) is 31.1 Å². The monoisotopic (exact) mass is 554 g/mol. The molecule has 0 aliphatic carbocycles. The van der Waals surface area contributed by atoms with Crippen molar-refractivity contribution in [1.29, 1.82) is 0 Å². The Bertz CT molecular complexity index is 1250. The van der Waals surface area contributed by atoms with Crippen molar-refractivity contribution >= 4 is 29.4 Å². The highest BCUT2D eigenvalue weighted by Gasteiger charge is 2.60. The van der Waals surface area contributed by atoms with Crippen molar-refractivity contribution in [3.8, 4) is 0 Å². The normalized spacial score (nSPS) is 25.7. The lowest BCUT2D eigenvalue weighted by Crippen LogP contribution is -2.63. The molecule has 3 heterocycles. The van der Waals surface area contributed by atoms with Gasteiger partial charge in [-0.25, -0.2) is 9.59 Å². The second-order valence-electron chi connectivity index (χ2n) is 9.80. The number of nitro benzene ring substituents is 1. The van der Waals surface area contributed by atoms with Crippen LogP contribution >= 0.6 is 0 Å². The average Bonchev–Trinajstić information content (AvgIpc) is 3.38. The van der Waals surface area contributed by atoms with Crippen LogP contribution in [0.4, 0.5) is 18.9 Å². The molecular weight excluding hydrogens is 529 g/mol. The maximum atomic E-state index is 13.2. The molecule has 4 rings (SSSR count). The largest absolute Gasteiger partial charge is 0.471 e. The number of likely N-dealkylation sites (tertiary alicyclic amines) is 1. The number of benzene rings is 1. The Kier molecular flexibility index (Phi) is 7.49. The lowest BCUT2D eigenvalue weighted by atomic mass is 9.77. The van der Waals surface area contributed by atoms with E-state index >= 15 is 0 Å². The topological polar surface area (TPSA) is 159 Å². The van der Waals surface area contributed by atoms with Crippen LogP contribution in [0.5, 0.6) is 0 Å². The van der Waals surface area contributed by atoms with Gasteiger partial charge in [-0.1, -0.05) is 6.92 Å². The molecule has 210 valence electrons. The van der Waals surface area contributed by atoms with Crippen molar-refractivity contribution in [2.45, 2.75) is 44.6 Å². The van der Waals surface area contributed by atoms with E-state index < -0.39 is 64.9 Å². The molecule has 15 heteroatoms. The van der Waals surface area contributed by atoms with Crippen LogP contribution in [0.25, 0.3) is 0 Å². The van der Waals surface area contributed by atoms with Gasteiger partial charge in [0.05, 0.1) is 28.6 Å². The lowest BCUT2D eigenvalue weighted by molar-refractivity contribution is -0.384. The maximum Gasteiger partial charge on any atom is 0.471 e. The molecule has 2 fully saturated rings. The van der Waals surface area contributed by atoms with Crippen molar-refractivity contribution in [2.24, 2.45) is 11.8 Å². The number of nitrogens with zero attached hydrogens (tertiary/aromatic N) is 3. The minimum Gasteiger partial charge on any atom is -0.393 e. The van der Waals surface area contributed by atoms with E-state index in [0.29, 0.717) is 12.1 Å². The van der Waals surface area contributed by atoms with Gasteiger partial charge in [0.25, 0.3) is 5.69 Å². The zero-order chi connectivity index (χ0) is 28.8. The molecule has 0 aromatic heterocycles. The first kappa shape index (κ1) is 28.2. The van der Waals surface area contributed by atoms with E-state index in [1.54, 1.807) is 11.8 Å². The predicted octanol–water partition coefficient (Wildman–Crippen LogP) is 1.14. The van der Waals surface area contributed by atoms with Crippen molar-refractivity contribution in [2.75, 3.05) is 19.6 Å². The number of aliphatic hydroxyl groups excluding tert-OH is 1. The number of nitrogens with one attached hydrogen (secondary N) is 1. The molecule has 0 radical (unpaired) electrons. The van der Waals surface area contributed by atoms with Crippen LogP contribution in [0.2, 0.25) is 0 Å². The second kappa shape index (κ2) is 10.4. The van der Waals surface area contributed by atoms with E-state index in [1.165, 1.54) is 11.8 Å². The van der Waals surface area contributed by atoms with E-state index in [9.17, 15) is 47.6 Å². The predicted molar refractivity (Wildman–Crippen MR) is 125 cm³/mol. The molecule has 0 spiro atoms. The van der Waals surface area contributed by atoms with Crippen molar-refractivity contribution in [3.05, 3.63) is 51.2 Å². The van der Waals surface area contributed by atoms with Gasteiger partial charge in [0, 0.05) is 43.7 Å². The lowest BCUT2D eigenvalue weighted by Gasteiger charge is -2.46. The average molecular weight is 554 g/mol. The molecular formula is C24H25F3N4O8. The number of non-ortho nitro benzene ring substituents is 1. The van der Waals surface area contributed by atoms with Crippen LogP contribution in [0.15, 0.2) is 35.5 Å². The number of nitro groups is 1. The van der Waals surface area contributed by atoms with Crippen LogP contribution in [-0.4, -0.2) is 87.6 Å². The Balaban J connectivity index is 1.54. The molecule has 0 bridgehead atoms. The molecule has 1 unspecified atom stereocenters. The SMILES string of the molecule is C[C@@H](O)C1C(=O)N2C(C(=O)OC(=O)c3ccc([N+](=O)[O-])cc3)=C(CN3CC[C@H](NC(=O)C(F)(F)F)C3)[C@H](C)[C@H]12. The van der Waals surface area contributed by atoms with Crippen molar-refractivity contribution < 1.29 is 47.1 Å². The number of carbonyl (C=O) groups excluding carboxylic acids is 4. The summed E-state index contributed by atoms with van der Waals surface area (Å²) in [5, 5.41) is 22.9. The fourth-order valence-electron chi connectivity index (χ4n) is 5.36. The molecule has 0 saturated carbocycles. The smallest absolute Gasteiger partial charge is 0.393 e. The minimum atomic E-state index is -5.02. The Morgan fingerprint density at radius 2 is 1.87 bits per heavy atom. The van der Waals surface area contributed by atoms with Gasteiger partial charge in [0.15, 0.2) is 0 Å². The number of esters is 2. The van der Waals surface area contributed by atoms with Crippen LogP contribution in [0.3, 0.4) is 0 Å². The van der Waals surface area contributed by atoms with Crippen molar-refractivity contribution in [3.63, 3.8) is 0 Å². The van der Waals surface area contributed by atoms with Crippen molar-refractivity contribution in [1.82, 2.24) is 15.1 Å². The standard InChI is InChI=1S/C24H25F3N4O8/c1-11-16(10-29-8-7-14(9-29)28-23(36)24(25,26)27)19(30-18(11)17(12(2)32)20(30)33)22(35)39-21(34)13-3-5-15(6-4-13)31(37)38/h3-6,11-12,14,17-18,32H,7-10H2,1-2H3,(H,28,36)/t11-,12+,14-,17?,18+/m0/s1. The Morgan fingerprint density at radius 3 is 2.44 bits per heavy atom. The zero-order valence-corrected chi connectivity index (χ0v) is 20.8. The summed E-state index contributed by atoms with van der Waals surface area (Å²) in [7, 11) is 0. The number of halogens is 3. The summed E-state index contributed by atoms with van der Waals surface area (Å²) in [5.74, 6) is -6.09. The highest BCUT2D eigenvalue weighted by Crippen LogP contribution is 2.47. The van der Waals surface area contributed by atoms with Crippen LogP contribution in [-0.2, 0) is 19.1 Å². The van der Waals surface area contributed by atoms with E-state index in [-0.39, 0.29) is 36.5 Å². The summed E-state index contributed by atoms with van der Waals surface area (Å²) < 4.78 is 42.9. The fourth-order valence-corrected chi connectivity index (χ4v) is 5.36. The van der Waals surface area contributed by atoms with Gasteiger partial charge >= 0.3 is 24.0 Å². The molecule has 1 aromatic carbocycles. The number of fused-ring (bicyclic) bond motifs is 1. The van der Waals surface area contributed by atoms with Gasteiger partial charge in [0.1, 0.15) is 5.70 Å². The molecule has 3 aliphatic rings. The number of carbonyl (C=O) groups is 4. The number of ether oxygens (including phenoxy) is 1. The molecule has 2 N–H and O–H groups in total. The summed E-state index contributed by atoms with van der Waals surface area (Å²) in [6.45, 7) is 3.56. The van der Waals surface area contributed by atoms with Crippen LogP contribution in [0.1, 0.15) is 30.6 Å². The van der Waals surface area contributed by atoms with Crippen LogP contribution < -0.4 is 5.32 Å². The molecule has 3 aliphatic heterocycles. The summed E-state index contributed by atoms with van der Waals surface area (Å²) >= 11 is 0. The van der Waals surface area contributed by atoms with E-state index in [2.05, 4.69) is 0 Å². The number of amides is 2. The third-order valence-electron chi connectivity index (χ3n) is 7.27. The molecule has 39 heavy (non-hydrogen) atoms. The Labute approximate surface area is 219 Å². The van der Waals surface area contributed by atoms with Gasteiger partial charge in [-0.2, -0.15) is 13.2 Å². The molecule has 5 atom stereocenters. The van der Waals surface area contributed by atoms with E-state index in [1.807, 2.05) is 5.32 Å². The van der Waals surface area contributed by atoms with Gasteiger partial charge in [-0.15, -0.1) is 0 Å². The molecule has 2 amide bonds. The first-order valence-electron chi connectivity index (χ1n) is 12.1. The number of hydrogen-bond donors (Lipinski definition) is 2. The van der Waals surface area contributed by atoms with Gasteiger partial charge < -0.3 is 20.1 Å². The Hall–Kier alpha value is -3.85. The minimum absolute atomic E-state index is 0.0442. The summed E-state index contributed by atoms with van der Waals surface area (Å²) in [5.41, 5.74) is -0.201. The highest BCUT2D eigenvalue weighted by molar-refractivity contribution is 6.06. The first-order valence-corrected chi connectivity index (χ1v) is 12.1. The number of aliphatic hydroxyl groups is 1. The Morgan fingerprint density at radius 1 is 1.23 bits per heavy atom. The maximum absolute atomic E-state index is 13.2. The van der Waals surface area contributed by atoms with Gasteiger partial charge in [-0.3, -0.25) is 24.6 Å². The van der Waals surface area contributed by atoms with Crippen LogP contribution in [0, 0.1) is 22.0 Å². The van der Waals surface area contributed by atoms with E-state index in [0.717, 1.165) is 24.3 Å². The molecule has 1 aromatic rings. The van der Waals surface area contributed by atoms with Gasteiger partial charge in [0.2, 0.25) is 5.91 Å². The fraction of sp³-hybridized carbons (Fsp3) is 0.500. The third-order valence-corrected chi connectivity index (χ3v) is 7.27. The summed E-state index contributed by atoms with van der Waals surface area (Å²) in [4.78, 5) is 63.0. The molecule has 12 nitrogen and oxygen atoms in total.